The molecule has 0 rings (SSSR count). The van der Waals surface area contributed by atoms with E-state index in [4.69, 9.17) is 0 Å². The van der Waals surface area contributed by atoms with Crippen LogP contribution in [-0.2, 0) is 0 Å². The van der Waals surface area contributed by atoms with E-state index in [0.717, 1.165) is 30.0 Å². The van der Waals surface area contributed by atoms with Gasteiger partial charge in [0.25, 0.3) is 0 Å². The zero-order valence-electron chi connectivity index (χ0n) is 10.2. The Bertz CT molecular complexity index is 137. The first-order valence-electron chi connectivity index (χ1n) is 5.59. The van der Waals surface area contributed by atoms with Crippen molar-refractivity contribution in [2.75, 3.05) is 19.6 Å². The van der Waals surface area contributed by atoms with Crippen LogP contribution in [-0.4, -0.2) is 41.9 Å². The van der Waals surface area contributed by atoms with Crippen molar-refractivity contribution in [3.63, 3.8) is 0 Å². The van der Waals surface area contributed by atoms with Crippen LogP contribution in [0.25, 0.3) is 0 Å². The molecule has 0 heterocycles. The second-order valence-corrected chi connectivity index (χ2v) is 3.90. The van der Waals surface area contributed by atoms with E-state index in [0.29, 0.717) is 6.04 Å². The molecule has 0 aliphatic heterocycles. The third-order valence-corrected chi connectivity index (χ3v) is 3.25. The van der Waals surface area contributed by atoms with Crippen molar-refractivity contribution in [2.45, 2.75) is 39.5 Å². The fraction of sp³-hybridized carbons (Fsp3) is 1.00. The first-order chi connectivity index (χ1) is 6.66. The van der Waals surface area contributed by atoms with E-state index in [-0.39, 0.29) is 5.79 Å². The molecule has 0 bridgehead atoms. The molecule has 1 atom stereocenters. The highest BCUT2D eigenvalue weighted by Crippen LogP contribution is 2.01. The molecule has 0 spiro atoms. The van der Waals surface area contributed by atoms with E-state index < -0.39 is 0 Å². The Morgan fingerprint density at radius 1 is 1.07 bits per heavy atom. The van der Waals surface area contributed by atoms with Crippen LogP contribution in [0, 0.1) is 0 Å². The summed E-state index contributed by atoms with van der Waals surface area (Å²) in [6, 6.07) is 0.366. The van der Waals surface area contributed by atoms with Crippen molar-refractivity contribution in [3.8, 4) is 0 Å². The summed E-state index contributed by atoms with van der Waals surface area (Å²) in [7, 11) is 0.965. The molecule has 0 aliphatic rings. The van der Waals surface area contributed by atoms with Gasteiger partial charge in [-0.25, -0.2) is 0 Å². The van der Waals surface area contributed by atoms with Crippen molar-refractivity contribution >= 4 is 10.4 Å². The smallest absolute Gasteiger partial charge is 0.132 e. The Morgan fingerprint density at radius 3 is 1.86 bits per heavy atom. The van der Waals surface area contributed by atoms with Gasteiger partial charge in [-0.3, -0.25) is 10.6 Å². The second-order valence-electron chi connectivity index (χ2n) is 3.40. The second kappa shape index (κ2) is 7.36. The normalized spacial score (nSPS) is 14.6. The Balaban J connectivity index is 4.45. The van der Waals surface area contributed by atoms with Gasteiger partial charge in [-0.05, 0) is 26.6 Å². The van der Waals surface area contributed by atoms with Gasteiger partial charge in [0.15, 0.2) is 0 Å². The van der Waals surface area contributed by atoms with Gasteiger partial charge in [-0.2, -0.15) is 0 Å². The summed E-state index contributed by atoms with van der Waals surface area (Å²) < 4.78 is 0. The molecule has 5 heteroatoms. The Kier molecular flexibility index (Phi) is 7.39. The summed E-state index contributed by atoms with van der Waals surface area (Å²) in [6.07, 6.45) is 0. The molecule has 0 aromatic carbocycles. The molecule has 0 aromatic heterocycles. The van der Waals surface area contributed by atoms with E-state index in [1.165, 1.54) is 0 Å². The molecule has 86 valence electrons. The average Bonchev–Trinajstić information content (AvgIpc) is 2.17. The van der Waals surface area contributed by atoms with Crippen LogP contribution in [0.2, 0.25) is 0 Å². The molecule has 0 aromatic rings. The maximum Gasteiger partial charge on any atom is 0.132 e. The highest BCUT2D eigenvalue weighted by molar-refractivity contribution is 6.04. The number of likely N-dealkylation sites (N-methyl/N-ethyl adjacent to an activating group) is 3. The zero-order chi connectivity index (χ0) is 11.0. The minimum Gasteiger partial charge on any atom is -0.316 e. The van der Waals surface area contributed by atoms with E-state index in [1.54, 1.807) is 0 Å². The van der Waals surface area contributed by atoms with Crippen molar-refractivity contribution in [3.05, 3.63) is 0 Å². The fourth-order valence-electron chi connectivity index (χ4n) is 1.78. The van der Waals surface area contributed by atoms with E-state index in [1.807, 2.05) is 0 Å². The molecule has 0 radical (unpaired) electrons. The maximum atomic E-state index is 3.48. The third-order valence-electron chi connectivity index (χ3n) is 2.47. The van der Waals surface area contributed by atoms with Gasteiger partial charge < -0.3 is 10.3 Å². The molecule has 0 saturated heterocycles. The topological polar surface area (TPSA) is 48.1 Å². The quantitative estimate of drug-likeness (QED) is 0.303. The van der Waals surface area contributed by atoms with Crippen LogP contribution in [0.1, 0.15) is 27.7 Å². The lowest BCUT2D eigenvalue weighted by Gasteiger charge is -2.41. The molecule has 0 saturated carbocycles. The molecular weight excluding hydrogens is 192 g/mol. The Hall–Kier alpha value is 0.0569. The van der Waals surface area contributed by atoms with Gasteiger partial charge in [-0.1, -0.05) is 20.8 Å². The van der Waals surface area contributed by atoms with Crippen LogP contribution in [0.4, 0.5) is 0 Å². The number of rotatable bonds is 8. The predicted molar refractivity (Wildman–Crippen MR) is 66.3 cm³/mol. The third kappa shape index (κ3) is 3.66. The van der Waals surface area contributed by atoms with Gasteiger partial charge >= 0.3 is 0 Å². The summed E-state index contributed by atoms with van der Waals surface area (Å²) >= 11 is 0. The standard InChI is InChI=1S/C9H26N4Si/c1-5-10-8(4)9(13-14,11-6-2)12-7-3/h8,10-13H,5-7H2,1-4,14H3. The Labute approximate surface area is 91.1 Å². The van der Waals surface area contributed by atoms with Gasteiger partial charge in [0.2, 0.25) is 0 Å². The SMILES string of the molecule is CCNC(C)C(N[SiH3])(NCC)NCC. The fourth-order valence-corrected chi connectivity index (χ4v) is 2.57. The largest absolute Gasteiger partial charge is 0.316 e. The molecule has 0 amide bonds. The predicted octanol–water partition coefficient (Wildman–Crippen LogP) is -1.27. The van der Waals surface area contributed by atoms with Crippen LogP contribution >= 0.6 is 0 Å². The first-order valence-corrected chi connectivity index (χ1v) is 6.59. The van der Waals surface area contributed by atoms with E-state index in [2.05, 4.69) is 48.6 Å². The minimum absolute atomic E-state index is 0.147. The lowest BCUT2D eigenvalue weighted by atomic mass is 10.1. The summed E-state index contributed by atoms with van der Waals surface area (Å²) in [6.45, 7) is 11.5. The van der Waals surface area contributed by atoms with Gasteiger partial charge in [-0.15, -0.1) is 0 Å². The number of hydrogen-bond acceptors (Lipinski definition) is 4. The Morgan fingerprint density at radius 2 is 1.57 bits per heavy atom. The lowest BCUT2D eigenvalue weighted by molar-refractivity contribution is 0.183. The number of hydrogen-bond donors (Lipinski definition) is 4. The molecule has 4 nitrogen and oxygen atoms in total. The monoisotopic (exact) mass is 218 g/mol. The first kappa shape index (κ1) is 14.1. The van der Waals surface area contributed by atoms with Crippen molar-refractivity contribution in [1.29, 1.82) is 0 Å². The molecule has 0 fully saturated rings. The van der Waals surface area contributed by atoms with Gasteiger partial charge in [0.1, 0.15) is 5.79 Å². The highest BCUT2D eigenvalue weighted by atomic mass is 28.2. The van der Waals surface area contributed by atoms with E-state index in [9.17, 15) is 0 Å². The molecule has 1 unspecified atom stereocenters. The molecular formula is C9H26N4Si. The average molecular weight is 218 g/mol. The van der Waals surface area contributed by atoms with Crippen molar-refractivity contribution in [1.82, 2.24) is 20.9 Å². The van der Waals surface area contributed by atoms with Gasteiger partial charge in [0.05, 0.1) is 10.4 Å². The van der Waals surface area contributed by atoms with Crippen molar-refractivity contribution < 1.29 is 0 Å². The van der Waals surface area contributed by atoms with Crippen LogP contribution in [0.3, 0.4) is 0 Å². The maximum absolute atomic E-state index is 3.48. The summed E-state index contributed by atoms with van der Waals surface area (Å²) in [5, 5.41) is 10.4. The lowest BCUT2D eigenvalue weighted by Crippen LogP contribution is -2.74. The van der Waals surface area contributed by atoms with Gasteiger partial charge in [0, 0.05) is 6.04 Å². The van der Waals surface area contributed by atoms with E-state index >= 15 is 0 Å². The molecule has 0 aliphatic carbocycles. The van der Waals surface area contributed by atoms with Crippen LogP contribution in [0.15, 0.2) is 0 Å². The summed E-state index contributed by atoms with van der Waals surface area (Å²) in [5.41, 5.74) is 0. The highest BCUT2D eigenvalue weighted by Gasteiger charge is 2.31. The van der Waals surface area contributed by atoms with Crippen molar-refractivity contribution in [2.24, 2.45) is 0 Å². The summed E-state index contributed by atoms with van der Waals surface area (Å²) in [4.78, 5) is 3.46. The van der Waals surface area contributed by atoms with Crippen LogP contribution in [0.5, 0.6) is 0 Å². The molecule has 14 heavy (non-hydrogen) atoms. The zero-order valence-corrected chi connectivity index (χ0v) is 12.2. The van der Waals surface area contributed by atoms with Crippen LogP contribution < -0.4 is 20.9 Å². The minimum atomic E-state index is -0.147. The summed E-state index contributed by atoms with van der Waals surface area (Å²) in [5.74, 6) is -0.147. The number of nitrogens with one attached hydrogen (secondary N) is 4. The molecule has 4 N–H and O–H groups in total.